The molecule has 1 aromatic heterocycles. The lowest BCUT2D eigenvalue weighted by Gasteiger charge is -2.07. The quantitative estimate of drug-likeness (QED) is 0.378. The normalized spacial score (nSPS) is 10.4. The summed E-state index contributed by atoms with van der Waals surface area (Å²) in [5.74, 6) is -0.609. The number of methoxy groups -OCH3 is 1. The van der Waals surface area contributed by atoms with E-state index < -0.39 is 5.97 Å². The van der Waals surface area contributed by atoms with Crippen molar-refractivity contribution in [3.05, 3.63) is 74.6 Å². The third kappa shape index (κ3) is 6.21. The minimum atomic E-state index is -0.589. The van der Waals surface area contributed by atoms with Crippen molar-refractivity contribution in [3.8, 4) is 5.75 Å². The van der Waals surface area contributed by atoms with Crippen LogP contribution in [0.25, 0.3) is 0 Å². The summed E-state index contributed by atoms with van der Waals surface area (Å²) in [6.45, 7) is 3.53. The summed E-state index contributed by atoms with van der Waals surface area (Å²) in [6, 6.07) is 14.3. The first kappa shape index (κ1) is 24.5. The maximum atomic E-state index is 12.9. The molecule has 172 valence electrons. The predicted molar refractivity (Wildman–Crippen MR) is 132 cm³/mol. The molecule has 0 spiro atoms. The Balaban J connectivity index is 1.84. The zero-order valence-electron chi connectivity index (χ0n) is 18.4. The average molecular weight is 531 g/mol. The van der Waals surface area contributed by atoms with Gasteiger partial charge in [0.15, 0.2) is 0 Å². The number of thiophene rings is 1. The zero-order chi connectivity index (χ0) is 24.0. The Morgan fingerprint density at radius 2 is 1.67 bits per heavy atom. The lowest BCUT2D eigenvalue weighted by molar-refractivity contribution is -0.115. The van der Waals surface area contributed by atoms with Crippen LogP contribution in [0.3, 0.4) is 0 Å². The number of hydrogen-bond acceptors (Lipinski definition) is 6. The van der Waals surface area contributed by atoms with Crippen molar-refractivity contribution in [3.63, 3.8) is 0 Å². The van der Waals surface area contributed by atoms with Crippen LogP contribution in [0.15, 0.2) is 53.0 Å². The summed E-state index contributed by atoms with van der Waals surface area (Å²) >= 11 is 4.41. The van der Waals surface area contributed by atoms with Gasteiger partial charge in [0.1, 0.15) is 10.8 Å². The minimum Gasteiger partial charge on any atom is -0.497 e. The third-order valence-corrected chi connectivity index (χ3v) is 6.45. The van der Waals surface area contributed by atoms with Crippen molar-refractivity contribution in [2.75, 3.05) is 24.4 Å². The molecule has 0 bridgehead atoms. The highest BCUT2D eigenvalue weighted by molar-refractivity contribution is 9.10. The van der Waals surface area contributed by atoms with E-state index in [4.69, 9.17) is 9.47 Å². The van der Waals surface area contributed by atoms with Gasteiger partial charge in [0.05, 0.1) is 30.6 Å². The Bertz CT molecular complexity index is 1160. The lowest BCUT2D eigenvalue weighted by atomic mass is 10.1. The molecule has 0 fully saturated rings. The number of carbonyl (C=O) groups excluding carboxylic acids is 3. The molecule has 0 atom stereocenters. The number of hydrogen-bond donors (Lipinski definition) is 2. The monoisotopic (exact) mass is 530 g/mol. The van der Waals surface area contributed by atoms with Gasteiger partial charge in [-0.15, -0.1) is 11.3 Å². The minimum absolute atomic E-state index is 0.125. The maximum Gasteiger partial charge on any atom is 0.341 e. The predicted octanol–water partition coefficient (Wildman–Crippen LogP) is 5.44. The fourth-order valence-corrected chi connectivity index (χ4v) is 4.46. The Morgan fingerprint density at radius 3 is 2.27 bits per heavy atom. The van der Waals surface area contributed by atoms with E-state index in [2.05, 4.69) is 26.6 Å². The van der Waals surface area contributed by atoms with E-state index in [1.165, 1.54) is 0 Å². The first-order valence-corrected chi connectivity index (χ1v) is 11.7. The van der Waals surface area contributed by atoms with Crippen molar-refractivity contribution in [2.24, 2.45) is 0 Å². The highest BCUT2D eigenvalue weighted by Crippen LogP contribution is 2.34. The van der Waals surface area contributed by atoms with Gasteiger partial charge in [-0.1, -0.05) is 28.1 Å². The fourth-order valence-electron chi connectivity index (χ4n) is 3.09. The molecule has 3 rings (SSSR count). The SMILES string of the molecule is CCOC(=O)c1c(NC(=O)Cc2ccc(Br)cc2)sc(C(=O)Nc2ccc(OC)cc2)c1C. The average Bonchev–Trinajstić information content (AvgIpc) is 3.11. The number of esters is 1. The molecule has 0 saturated heterocycles. The molecule has 1 heterocycles. The third-order valence-electron chi connectivity index (χ3n) is 4.71. The standard InChI is InChI=1S/C24H23BrN2O5S/c1-4-32-24(30)20-14(2)21(22(29)26-17-9-11-18(31-3)12-10-17)33-23(20)27-19(28)13-15-5-7-16(25)8-6-15/h5-12H,4,13H2,1-3H3,(H,26,29)(H,27,28). The summed E-state index contributed by atoms with van der Waals surface area (Å²) < 4.78 is 11.2. The zero-order valence-corrected chi connectivity index (χ0v) is 20.8. The van der Waals surface area contributed by atoms with E-state index in [-0.39, 0.29) is 35.4 Å². The van der Waals surface area contributed by atoms with Crippen molar-refractivity contribution >= 4 is 55.7 Å². The van der Waals surface area contributed by atoms with E-state index in [1.807, 2.05) is 24.3 Å². The smallest absolute Gasteiger partial charge is 0.341 e. The highest BCUT2D eigenvalue weighted by Gasteiger charge is 2.26. The summed E-state index contributed by atoms with van der Waals surface area (Å²) in [5, 5.41) is 5.87. The van der Waals surface area contributed by atoms with Crippen molar-refractivity contribution in [1.29, 1.82) is 0 Å². The molecule has 2 aromatic carbocycles. The van der Waals surface area contributed by atoms with Crippen LogP contribution in [0.1, 0.15) is 38.1 Å². The molecule has 0 aliphatic rings. The molecule has 0 aliphatic heterocycles. The summed E-state index contributed by atoms with van der Waals surface area (Å²) in [4.78, 5) is 38.5. The Kier molecular flexibility index (Phi) is 8.24. The topological polar surface area (TPSA) is 93.7 Å². The van der Waals surface area contributed by atoms with Crippen LogP contribution in [-0.4, -0.2) is 31.5 Å². The molecule has 0 unspecified atom stereocenters. The molecule has 3 aromatic rings. The van der Waals surface area contributed by atoms with Gasteiger partial charge in [-0.2, -0.15) is 0 Å². The van der Waals surface area contributed by atoms with E-state index in [1.54, 1.807) is 45.2 Å². The number of halogens is 1. The number of anilines is 2. The van der Waals surface area contributed by atoms with Gasteiger partial charge in [0.25, 0.3) is 5.91 Å². The van der Waals surface area contributed by atoms with E-state index in [0.29, 0.717) is 21.9 Å². The van der Waals surface area contributed by atoms with Crippen LogP contribution < -0.4 is 15.4 Å². The second-order valence-corrected chi connectivity index (χ2v) is 8.95. The van der Waals surface area contributed by atoms with Gasteiger partial charge < -0.3 is 20.1 Å². The lowest BCUT2D eigenvalue weighted by Crippen LogP contribution is -2.16. The number of amides is 2. The van der Waals surface area contributed by atoms with E-state index in [9.17, 15) is 14.4 Å². The second kappa shape index (κ2) is 11.1. The number of ether oxygens (including phenoxy) is 2. The number of rotatable bonds is 8. The molecule has 0 saturated carbocycles. The van der Waals surface area contributed by atoms with Crippen LogP contribution in [-0.2, 0) is 16.0 Å². The molecule has 2 N–H and O–H groups in total. The highest BCUT2D eigenvalue weighted by atomic mass is 79.9. The van der Waals surface area contributed by atoms with E-state index >= 15 is 0 Å². The van der Waals surface area contributed by atoms with Crippen LogP contribution in [0, 0.1) is 6.92 Å². The summed E-state index contributed by atoms with van der Waals surface area (Å²) in [5.41, 5.74) is 2.03. The van der Waals surface area contributed by atoms with Crippen LogP contribution in [0.5, 0.6) is 5.75 Å². The Morgan fingerprint density at radius 1 is 1.00 bits per heavy atom. The van der Waals surface area contributed by atoms with Crippen molar-refractivity contribution in [2.45, 2.75) is 20.3 Å². The molecule has 0 radical (unpaired) electrons. The summed E-state index contributed by atoms with van der Waals surface area (Å²) in [7, 11) is 1.56. The maximum absolute atomic E-state index is 12.9. The molecule has 33 heavy (non-hydrogen) atoms. The number of nitrogens with one attached hydrogen (secondary N) is 2. The molecular weight excluding hydrogens is 508 g/mol. The largest absolute Gasteiger partial charge is 0.497 e. The molecule has 7 nitrogen and oxygen atoms in total. The van der Waals surface area contributed by atoms with Crippen LogP contribution in [0.2, 0.25) is 0 Å². The number of carbonyl (C=O) groups is 3. The van der Waals surface area contributed by atoms with Crippen LogP contribution >= 0.6 is 27.3 Å². The van der Waals surface area contributed by atoms with Gasteiger partial charge in [0.2, 0.25) is 5.91 Å². The van der Waals surface area contributed by atoms with Gasteiger partial charge in [-0.3, -0.25) is 9.59 Å². The molecule has 9 heteroatoms. The van der Waals surface area contributed by atoms with Gasteiger partial charge in [-0.05, 0) is 61.4 Å². The van der Waals surface area contributed by atoms with Crippen LogP contribution in [0.4, 0.5) is 10.7 Å². The Labute approximate surface area is 204 Å². The first-order chi connectivity index (χ1) is 15.8. The van der Waals surface area contributed by atoms with Gasteiger partial charge >= 0.3 is 5.97 Å². The van der Waals surface area contributed by atoms with Crippen molar-refractivity contribution in [1.82, 2.24) is 0 Å². The second-order valence-electron chi connectivity index (χ2n) is 7.01. The Hall–Kier alpha value is -3.17. The molecule has 2 amide bonds. The number of benzene rings is 2. The fraction of sp³-hybridized carbons (Fsp3) is 0.208. The first-order valence-electron chi connectivity index (χ1n) is 10.1. The van der Waals surface area contributed by atoms with Crippen molar-refractivity contribution < 1.29 is 23.9 Å². The van der Waals surface area contributed by atoms with Gasteiger partial charge in [0, 0.05) is 10.2 Å². The van der Waals surface area contributed by atoms with E-state index in [0.717, 1.165) is 21.4 Å². The van der Waals surface area contributed by atoms with Gasteiger partial charge in [-0.25, -0.2) is 4.79 Å². The summed E-state index contributed by atoms with van der Waals surface area (Å²) in [6.07, 6.45) is 0.125. The molecule has 0 aliphatic carbocycles. The molecular formula is C24H23BrN2O5S.